The first-order valence-corrected chi connectivity index (χ1v) is 8.66. The van der Waals surface area contributed by atoms with Crippen LogP contribution in [0.25, 0.3) is 0 Å². The predicted octanol–water partition coefficient (Wildman–Crippen LogP) is 2.96. The molecule has 5 heteroatoms. The first-order valence-electron chi connectivity index (χ1n) is 7.44. The third kappa shape index (κ3) is 3.80. The second-order valence-electron chi connectivity index (χ2n) is 5.15. The molecule has 0 N–H and O–H groups in total. The minimum atomic E-state index is 0.927. The number of pyridine rings is 1. The number of thioether (sulfide) groups is 1. The van der Waals surface area contributed by atoms with Gasteiger partial charge in [-0.05, 0) is 36.1 Å². The summed E-state index contributed by atoms with van der Waals surface area (Å²) in [6.45, 7) is 3.77. The van der Waals surface area contributed by atoms with Gasteiger partial charge in [-0.15, -0.1) is 11.8 Å². The largest absolute Gasteiger partial charge is 0.353 e. The second kappa shape index (κ2) is 7.31. The maximum Gasteiger partial charge on any atom is 0.128 e. The van der Waals surface area contributed by atoms with E-state index in [0.717, 1.165) is 37.6 Å². The van der Waals surface area contributed by atoms with Gasteiger partial charge in [0.15, 0.2) is 0 Å². The van der Waals surface area contributed by atoms with Crippen LogP contribution in [0.5, 0.6) is 0 Å². The molecule has 0 radical (unpaired) electrons. The molecule has 0 bridgehead atoms. The number of aromatic nitrogens is 1. The summed E-state index contributed by atoms with van der Waals surface area (Å²) in [6.07, 6.45) is 5.88. The Morgan fingerprint density at radius 2 is 1.82 bits per heavy atom. The van der Waals surface area contributed by atoms with E-state index >= 15 is 0 Å². The molecule has 0 saturated carbocycles. The van der Waals surface area contributed by atoms with Crippen LogP contribution in [0.3, 0.4) is 0 Å². The van der Waals surface area contributed by atoms with Crippen LogP contribution < -0.4 is 4.90 Å². The highest BCUT2D eigenvalue weighted by atomic mass is 32.2. The molecule has 4 nitrogen and oxygen atoms in total. The molecular formula is C17H20N4S. The fourth-order valence-electron chi connectivity index (χ4n) is 2.42. The fraction of sp³-hybridized carbons (Fsp3) is 0.294. The molecule has 1 aliphatic heterocycles. The molecule has 1 aromatic carbocycles. The van der Waals surface area contributed by atoms with Crippen LogP contribution in [-0.2, 0) is 0 Å². The van der Waals surface area contributed by atoms with E-state index in [0.29, 0.717) is 0 Å². The van der Waals surface area contributed by atoms with Crippen molar-refractivity contribution in [1.82, 2.24) is 9.99 Å². The molecule has 1 aromatic heterocycles. The first-order chi connectivity index (χ1) is 10.8. The molecule has 1 aliphatic rings. The third-order valence-electron chi connectivity index (χ3n) is 3.72. The summed E-state index contributed by atoms with van der Waals surface area (Å²) >= 11 is 1.76. The minimum Gasteiger partial charge on any atom is -0.353 e. The normalized spacial score (nSPS) is 15.5. The number of hydrogen-bond acceptors (Lipinski definition) is 5. The average molecular weight is 312 g/mol. The van der Waals surface area contributed by atoms with Gasteiger partial charge in [-0.3, -0.25) is 5.01 Å². The van der Waals surface area contributed by atoms with Gasteiger partial charge >= 0.3 is 0 Å². The van der Waals surface area contributed by atoms with Crippen molar-refractivity contribution in [3.8, 4) is 0 Å². The van der Waals surface area contributed by atoms with Crippen molar-refractivity contribution in [2.24, 2.45) is 5.10 Å². The van der Waals surface area contributed by atoms with Gasteiger partial charge in [-0.1, -0.05) is 18.2 Å². The maximum absolute atomic E-state index is 4.59. The third-order valence-corrected chi connectivity index (χ3v) is 4.46. The molecule has 2 aromatic rings. The summed E-state index contributed by atoms with van der Waals surface area (Å²) < 4.78 is 0. The number of nitrogens with zero attached hydrogens (tertiary/aromatic N) is 4. The first kappa shape index (κ1) is 14.9. The Morgan fingerprint density at radius 1 is 1.05 bits per heavy atom. The predicted molar refractivity (Wildman–Crippen MR) is 93.8 cm³/mol. The van der Waals surface area contributed by atoms with E-state index in [9.17, 15) is 0 Å². The van der Waals surface area contributed by atoms with E-state index in [2.05, 4.69) is 56.6 Å². The Hall–Kier alpha value is -2.01. The maximum atomic E-state index is 4.59. The van der Waals surface area contributed by atoms with Crippen molar-refractivity contribution in [3.05, 3.63) is 54.2 Å². The van der Waals surface area contributed by atoms with Crippen LogP contribution >= 0.6 is 11.8 Å². The average Bonchev–Trinajstić information content (AvgIpc) is 2.61. The highest BCUT2D eigenvalue weighted by molar-refractivity contribution is 7.98. The van der Waals surface area contributed by atoms with Crippen LogP contribution in [0.4, 0.5) is 5.82 Å². The molecule has 3 rings (SSSR count). The Kier molecular flexibility index (Phi) is 4.96. The van der Waals surface area contributed by atoms with Gasteiger partial charge in [-0.2, -0.15) is 5.10 Å². The Balaban J connectivity index is 1.54. The monoisotopic (exact) mass is 312 g/mol. The van der Waals surface area contributed by atoms with Crippen molar-refractivity contribution in [3.63, 3.8) is 0 Å². The standard InChI is InChI=1S/C17H20N4S/c1-22-16-7-5-15(6-8-16)14-19-21-12-10-20(11-13-21)17-4-2-3-9-18-17/h2-9,14H,10-13H2,1H3/b19-14+. The lowest BCUT2D eigenvalue weighted by Crippen LogP contribution is -2.44. The lowest BCUT2D eigenvalue weighted by molar-refractivity contribution is 0.271. The van der Waals surface area contributed by atoms with Gasteiger partial charge in [0.2, 0.25) is 0 Å². The second-order valence-corrected chi connectivity index (χ2v) is 6.03. The van der Waals surface area contributed by atoms with Crippen molar-refractivity contribution in [2.45, 2.75) is 4.90 Å². The molecule has 0 amide bonds. The SMILES string of the molecule is CSc1ccc(/C=N/N2CCN(c3ccccn3)CC2)cc1. The Labute approximate surface area is 135 Å². The number of hydrogen-bond donors (Lipinski definition) is 0. The van der Waals surface area contributed by atoms with E-state index in [4.69, 9.17) is 0 Å². The van der Waals surface area contributed by atoms with Crippen molar-refractivity contribution in [2.75, 3.05) is 37.3 Å². The minimum absolute atomic E-state index is 0.927. The van der Waals surface area contributed by atoms with Gasteiger partial charge in [0.25, 0.3) is 0 Å². The van der Waals surface area contributed by atoms with Gasteiger partial charge < -0.3 is 4.90 Å². The zero-order valence-corrected chi connectivity index (χ0v) is 13.5. The molecule has 22 heavy (non-hydrogen) atoms. The van der Waals surface area contributed by atoms with E-state index in [1.165, 1.54) is 4.90 Å². The van der Waals surface area contributed by atoms with Gasteiger partial charge in [0, 0.05) is 24.2 Å². The molecule has 114 valence electrons. The van der Waals surface area contributed by atoms with Crippen LogP contribution in [0, 0.1) is 0 Å². The Bertz CT molecular complexity index is 604. The number of piperazine rings is 1. The van der Waals surface area contributed by atoms with Crippen molar-refractivity contribution >= 4 is 23.8 Å². The lowest BCUT2D eigenvalue weighted by Gasteiger charge is -2.33. The number of hydrazone groups is 1. The smallest absolute Gasteiger partial charge is 0.128 e. The van der Waals surface area contributed by atoms with Gasteiger partial charge in [0.05, 0.1) is 19.3 Å². The van der Waals surface area contributed by atoms with Crippen LogP contribution in [-0.4, -0.2) is 48.6 Å². The molecule has 0 atom stereocenters. The Morgan fingerprint density at radius 3 is 2.45 bits per heavy atom. The summed E-state index contributed by atoms with van der Waals surface area (Å²) in [5, 5.41) is 6.72. The fourth-order valence-corrected chi connectivity index (χ4v) is 2.83. The molecule has 1 saturated heterocycles. The molecule has 2 heterocycles. The molecule has 1 fully saturated rings. The molecular weight excluding hydrogens is 292 g/mol. The van der Waals surface area contributed by atoms with Crippen LogP contribution in [0.1, 0.15) is 5.56 Å². The van der Waals surface area contributed by atoms with Crippen molar-refractivity contribution < 1.29 is 0 Å². The zero-order chi connectivity index (χ0) is 15.2. The highest BCUT2D eigenvalue weighted by Gasteiger charge is 2.15. The molecule has 0 spiro atoms. The number of anilines is 1. The highest BCUT2D eigenvalue weighted by Crippen LogP contribution is 2.15. The van der Waals surface area contributed by atoms with Gasteiger partial charge in [-0.25, -0.2) is 4.98 Å². The number of benzene rings is 1. The summed E-state index contributed by atoms with van der Waals surface area (Å²) in [6, 6.07) is 14.5. The zero-order valence-electron chi connectivity index (χ0n) is 12.7. The van der Waals surface area contributed by atoms with Crippen LogP contribution in [0.2, 0.25) is 0 Å². The van der Waals surface area contributed by atoms with Gasteiger partial charge in [0.1, 0.15) is 5.82 Å². The molecule has 0 aliphatic carbocycles. The van der Waals surface area contributed by atoms with E-state index < -0.39 is 0 Å². The summed E-state index contributed by atoms with van der Waals surface area (Å²) in [5.41, 5.74) is 1.14. The lowest BCUT2D eigenvalue weighted by atomic mass is 10.2. The van der Waals surface area contributed by atoms with E-state index in [1.54, 1.807) is 11.8 Å². The quantitative estimate of drug-likeness (QED) is 0.642. The topological polar surface area (TPSA) is 31.7 Å². The molecule has 0 unspecified atom stereocenters. The van der Waals surface area contributed by atoms with Crippen LogP contribution in [0.15, 0.2) is 58.7 Å². The summed E-state index contributed by atoms with van der Waals surface area (Å²) in [5.74, 6) is 1.05. The number of rotatable bonds is 4. The van der Waals surface area contributed by atoms with E-state index in [-0.39, 0.29) is 0 Å². The summed E-state index contributed by atoms with van der Waals surface area (Å²) in [4.78, 5) is 7.99. The van der Waals surface area contributed by atoms with Crippen molar-refractivity contribution in [1.29, 1.82) is 0 Å². The van der Waals surface area contributed by atoms with E-state index in [1.807, 2.05) is 24.5 Å². The summed E-state index contributed by atoms with van der Waals surface area (Å²) in [7, 11) is 0.